The van der Waals surface area contributed by atoms with Gasteiger partial charge in [0.15, 0.2) is 0 Å². The Bertz CT molecular complexity index is 321. The summed E-state index contributed by atoms with van der Waals surface area (Å²) in [6.45, 7) is 8.85. The third-order valence-corrected chi connectivity index (χ3v) is 4.43. The van der Waals surface area contributed by atoms with E-state index in [0.717, 1.165) is 45.4 Å². The Morgan fingerprint density at radius 3 is 2.52 bits per heavy atom. The monoisotopic (exact) mass is 300 g/mol. The van der Waals surface area contributed by atoms with Gasteiger partial charge in [0.05, 0.1) is 13.7 Å². The molecule has 1 fully saturated rings. The van der Waals surface area contributed by atoms with Crippen LogP contribution in [0.1, 0.15) is 46.5 Å². The summed E-state index contributed by atoms with van der Waals surface area (Å²) in [5, 5.41) is 3.45. The van der Waals surface area contributed by atoms with E-state index in [-0.39, 0.29) is 5.97 Å². The molecule has 1 aliphatic rings. The van der Waals surface area contributed by atoms with Gasteiger partial charge in [-0.2, -0.15) is 0 Å². The van der Waals surface area contributed by atoms with Crippen LogP contribution in [0.4, 0.5) is 0 Å². The van der Waals surface area contributed by atoms with Gasteiger partial charge in [0.25, 0.3) is 0 Å². The SMILES string of the molecule is CCC(C)N(CCOC)CCC(C)(NC1CC1)C(=O)OC. The maximum atomic E-state index is 12.1. The molecule has 0 saturated heterocycles. The fourth-order valence-corrected chi connectivity index (χ4v) is 2.52. The lowest BCUT2D eigenvalue weighted by Crippen LogP contribution is -2.53. The van der Waals surface area contributed by atoms with Crippen LogP contribution in [0.15, 0.2) is 0 Å². The van der Waals surface area contributed by atoms with Crippen LogP contribution in [0, 0.1) is 0 Å². The minimum atomic E-state index is -0.589. The summed E-state index contributed by atoms with van der Waals surface area (Å²) in [7, 11) is 3.19. The van der Waals surface area contributed by atoms with Crippen molar-refractivity contribution in [1.29, 1.82) is 0 Å². The van der Waals surface area contributed by atoms with Crippen LogP contribution in [0.3, 0.4) is 0 Å². The quantitative estimate of drug-likeness (QED) is 0.590. The first-order valence-electron chi connectivity index (χ1n) is 8.06. The number of rotatable bonds is 11. The van der Waals surface area contributed by atoms with Crippen LogP contribution in [-0.2, 0) is 14.3 Å². The number of nitrogens with one attached hydrogen (secondary N) is 1. The second-order valence-electron chi connectivity index (χ2n) is 6.28. The van der Waals surface area contributed by atoms with E-state index in [1.165, 1.54) is 7.11 Å². The standard InChI is InChI=1S/C16H32N2O3/c1-6-13(2)18(11-12-20-4)10-9-16(3,15(19)21-5)17-14-7-8-14/h13-14,17H,6-12H2,1-5H3. The number of ether oxygens (including phenoxy) is 2. The van der Waals surface area contributed by atoms with Gasteiger partial charge in [-0.15, -0.1) is 0 Å². The largest absolute Gasteiger partial charge is 0.468 e. The molecular formula is C16H32N2O3. The number of carbonyl (C=O) groups is 1. The van der Waals surface area contributed by atoms with Gasteiger partial charge in [0.2, 0.25) is 0 Å². The number of nitrogens with zero attached hydrogens (tertiary/aromatic N) is 1. The van der Waals surface area contributed by atoms with Crippen LogP contribution in [0.5, 0.6) is 0 Å². The molecule has 0 amide bonds. The molecule has 0 heterocycles. The predicted molar refractivity (Wildman–Crippen MR) is 84.4 cm³/mol. The van der Waals surface area contributed by atoms with Crippen LogP contribution in [0.2, 0.25) is 0 Å². The Hall–Kier alpha value is -0.650. The smallest absolute Gasteiger partial charge is 0.325 e. The minimum absolute atomic E-state index is 0.162. The molecule has 5 heteroatoms. The molecule has 1 N–H and O–H groups in total. The van der Waals surface area contributed by atoms with Gasteiger partial charge in [-0.05, 0) is 39.5 Å². The minimum Gasteiger partial charge on any atom is -0.468 e. The van der Waals surface area contributed by atoms with E-state index in [9.17, 15) is 4.79 Å². The van der Waals surface area contributed by atoms with Gasteiger partial charge in [0.1, 0.15) is 5.54 Å². The molecule has 1 rings (SSSR count). The van der Waals surface area contributed by atoms with E-state index in [0.29, 0.717) is 12.1 Å². The molecule has 0 aromatic carbocycles. The van der Waals surface area contributed by atoms with Gasteiger partial charge in [-0.1, -0.05) is 6.92 Å². The third kappa shape index (κ3) is 5.93. The van der Waals surface area contributed by atoms with E-state index in [4.69, 9.17) is 9.47 Å². The Kier molecular flexibility index (Phi) is 7.63. The van der Waals surface area contributed by atoms with Crippen molar-refractivity contribution in [2.45, 2.75) is 64.1 Å². The average molecular weight is 300 g/mol. The van der Waals surface area contributed by atoms with E-state index >= 15 is 0 Å². The topological polar surface area (TPSA) is 50.8 Å². The Morgan fingerprint density at radius 1 is 1.38 bits per heavy atom. The molecule has 124 valence electrons. The Labute approximate surface area is 129 Å². The maximum Gasteiger partial charge on any atom is 0.325 e. The second kappa shape index (κ2) is 8.71. The highest BCUT2D eigenvalue weighted by Gasteiger charge is 2.39. The molecule has 0 bridgehead atoms. The second-order valence-corrected chi connectivity index (χ2v) is 6.28. The zero-order valence-corrected chi connectivity index (χ0v) is 14.3. The first-order chi connectivity index (χ1) is 9.96. The summed E-state index contributed by atoms with van der Waals surface area (Å²) < 4.78 is 10.2. The molecule has 1 aliphatic carbocycles. The van der Waals surface area contributed by atoms with Gasteiger partial charge in [0, 0.05) is 32.3 Å². The summed E-state index contributed by atoms with van der Waals surface area (Å²) in [4.78, 5) is 14.5. The van der Waals surface area contributed by atoms with Crippen LogP contribution in [0.25, 0.3) is 0 Å². The molecule has 0 radical (unpaired) electrons. The number of hydrogen-bond acceptors (Lipinski definition) is 5. The van der Waals surface area contributed by atoms with Gasteiger partial charge in [-0.25, -0.2) is 0 Å². The van der Waals surface area contributed by atoms with Crippen LogP contribution in [-0.4, -0.2) is 62.4 Å². The van der Waals surface area contributed by atoms with Gasteiger partial charge >= 0.3 is 5.97 Å². The van der Waals surface area contributed by atoms with Crippen molar-refractivity contribution in [2.24, 2.45) is 0 Å². The zero-order chi connectivity index (χ0) is 15.9. The lowest BCUT2D eigenvalue weighted by atomic mass is 9.96. The molecule has 21 heavy (non-hydrogen) atoms. The van der Waals surface area contributed by atoms with Crippen molar-refractivity contribution >= 4 is 5.97 Å². The number of hydrogen-bond donors (Lipinski definition) is 1. The highest BCUT2D eigenvalue weighted by atomic mass is 16.5. The first-order valence-corrected chi connectivity index (χ1v) is 8.06. The molecule has 2 unspecified atom stereocenters. The van der Waals surface area contributed by atoms with Crippen molar-refractivity contribution < 1.29 is 14.3 Å². The average Bonchev–Trinajstić information content (AvgIpc) is 3.29. The Morgan fingerprint density at radius 2 is 2.05 bits per heavy atom. The molecule has 2 atom stereocenters. The summed E-state index contributed by atoms with van der Waals surface area (Å²) in [6, 6.07) is 0.966. The van der Waals surface area contributed by atoms with E-state index in [1.807, 2.05) is 6.92 Å². The summed E-state index contributed by atoms with van der Waals surface area (Å²) >= 11 is 0. The van der Waals surface area contributed by atoms with E-state index in [2.05, 4.69) is 24.1 Å². The fraction of sp³-hybridized carbons (Fsp3) is 0.938. The number of methoxy groups -OCH3 is 2. The predicted octanol–water partition coefficient (Wildman–Crippen LogP) is 1.81. The lowest BCUT2D eigenvalue weighted by molar-refractivity contribution is -0.148. The zero-order valence-electron chi connectivity index (χ0n) is 14.3. The molecule has 5 nitrogen and oxygen atoms in total. The summed E-state index contributed by atoms with van der Waals surface area (Å²) in [5.74, 6) is -0.162. The third-order valence-electron chi connectivity index (χ3n) is 4.43. The highest BCUT2D eigenvalue weighted by Crippen LogP contribution is 2.25. The molecule has 1 saturated carbocycles. The van der Waals surface area contributed by atoms with Gasteiger partial charge < -0.3 is 9.47 Å². The molecular weight excluding hydrogens is 268 g/mol. The van der Waals surface area contributed by atoms with Crippen LogP contribution >= 0.6 is 0 Å². The first kappa shape index (κ1) is 18.4. The van der Waals surface area contributed by atoms with E-state index in [1.54, 1.807) is 7.11 Å². The molecule has 0 spiro atoms. The molecule has 0 aromatic rings. The fourth-order valence-electron chi connectivity index (χ4n) is 2.52. The molecule has 0 aliphatic heterocycles. The van der Waals surface area contributed by atoms with Crippen molar-refractivity contribution in [1.82, 2.24) is 10.2 Å². The Balaban J connectivity index is 2.60. The lowest BCUT2D eigenvalue weighted by Gasteiger charge is -2.34. The highest BCUT2D eigenvalue weighted by molar-refractivity contribution is 5.80. The summed E-state index contributed by atoms with van der Waals surface area (Å²) in [5.41, 5.74) is -0.589. The number of carbonyl (C=O) groups excluding carboxylic acids is 1. The van der Waals surface area contributed by atoms with Crippen molar-refractivity contribution in [3.05, 3.63) is 0 Å². The maximum absolute atomic E-state index is 12.1. The van der Waals surface area contributed by atoms with E-state index < -0.39 is 5.54 Å². The van der Waals surface area contributed by atoms with Crippen molar-refractivity contribution in [3.63, 3.8) is 0 Å². The normalized spacial score (nSPS) is 19.3. The van der Waals surface area contributed by atoms with Crippen molar-refractivity contribution in [3.8, 4) is 0 Å². The van der Waals surface area contributed by atoms with Gasteiger partial charge in [-0.3, -0.25) is 15.0 Å². The van der Waals surface area contributed by atoms with Crippen molar-refractivity contribution in [2.75, 3.05) is 33.9 Å². The summed E-state index contributed by atoms with van der Waals surface area (Å²) in [6.07, 6.45) is 4.16. The molecule has 0 aromatic heterocycles. The van der Waals surface area contributed by atoms with Crippen LogP contribution < -0.4 is 5.32 Å². The number of esters is 1.